The number of aromatic amines is 1. The number of piperidine rings is 1. The zero-order chi connectivity index (χ0) is 14.8. The van der Waals surface area contributed by atoms with Crippen molar-refractivity contribution in [2.75, 3.05) is 13.1 Å². The van der Waals surface area contributed by atoms with Gasteiger partial charge in [0.15, 0.2) is 0 Å². The second kappa shape index (κ2) is 6.18. The monoisotopic (exact) mass is 290 g/mol. The van der Waals surface area contributed by atoms with Gasteiger partial charge in [0.1, 0.15) is 0 Å². The number of hydrogen-bond donors (Lipinski definition) is 2. The number of nitrogens with one attached hydrogen (secondary N) is 2. The molecule has 2 atom stereocenters. The molecule has 0 spiro atoms. The average molecular weight is 290 g/mol. The predicted molar refractivity (Wildman–Crippen MR) is 81.7 cm³/mol. The van der Waals surface area contributed by atoms with Gasteiger partial charge in [-0.2, -0.15) is 5.10 Å². The highest BCUT2D eigenvalue weighted by atomic mass is 16.2. The van der Waals surface area contributed by atoms with E-state index in [0.717, 1.165) is 51.0 Å². The summed E-state index contributed by atoms with van der Waals surface area (Å²) < 4.78 is 0. The molecule has 116 valence electrons. The van der Waals surface area contributed by atoms with Gasteiger partial charge >= 0.3 is 0 Å². The van der Waals surface area contributed by atoms with Gasteiger partial charge in [-0.3, -0.25) is 9.89 Å². The molecule has 2 aliphatic rings. The highest BCUT2D eigenvalue weighted by molar-refractivity contribution is 5.81. The molecule has 5 nitrogen and oxygen atoms in total. The zero-order valence-corrected chi connectivity index (χ0v) is 13.1. The van der Waals surface area contributed by atoms with E-state index in [1.165, 1.54) is 5.56 Å². The fourth-order valence-electron chi connectivity index (χ4n) is 3.30. The number of H-pyrrole nitrogens is 1. The highest BCUT2D eigenvalue weighted by Gasteiger charge is 2.37. The third-order valence-corrected chi connectivity index (χ3v) is 4.99. The Morgan fingerprint density at radius 1 is 1.48 bits per heavy atom. The van der Waals surface area contributed by atoms with Crippen LogP contribution in [0.2, 0.25) is 0 Å². The maximum Gasteiger partial charge on any atom is 0.225 e. The summed E-state index contributed by atoms with van der Waals surface area (Å²) in [4.78, 5) is 14.3. The maximum absolute atomic E-state index is 12.2. The van der Waals surface area contributed by atoms with Crippen LogP contribution in [0.25, 0.3) is 0 Å². The van der Waals surface area contributed by atoms with Crippen molar-refractivity contribution in [1.82, 2.24) is 20.4 Å². The van der Waals surface area contributed by atoms with Crippen LogP contribution in [0.15, 0.2) is 6.20 Å². The van der Waals surface area contributed by atoms with Gasteiger partial charge in [-0.1, -0.05) is 13.3 Å². The summed E-state index contributed by atoms with van der Waals surface area (Å²) in [6.07, 6.45) is 6.29. The minimum Gasteiger partial charge on any atom is -0.342 e. The van der Waals surface area contributed by atoms with Crippen molar-refractivity contribution in [3.8, 4) is 0 Å². The van der Waals surface area contributed by atoms with Crippen molar-refractivity contribution in [2.45, 2.75) is 52.1 Å². The Morgan fingerprint density at radius 3 is 2.90 bits per heavy atom. The van der Waals surface area contributed by atoms with E-state index in [2.05, 4.69) is 34.3 Å². The lowest BCUT2D eigenvalue weighted by atomic mass is 9.89. The largest absolute Gasteiger partial charge is 0.342 e. The van der Waals surface area contributed by atoms with Gasteiger partial charge in [0.25, 0.3) is 0 Å². The molecule has 0 unspecified atom stereocenters. The standard InChI is InChI=1S/C16H26N4O/c1-3-12-10-20(16(21)13-4-5-13)7-6-15(12)17-8-14-9-18-19-11(14)2/h9,12-13,15,17H,3-8,10H2,1-2H3,(H,18,19)/t12-,15+/m0/s1. The van der Waals surface area contributed by atoms with Gasteiger partial charge in [-0.05, 0) is 32.1 Å². The Kier molecular flexibility index (Phi) is 4.29. The van der Waals surface area contributed by atoms with Crippen LogP contribution in [0.3, 0.4) is 0 Å². The van der Waals surface area contributed by atoms with Crippen LogP contribution < -0.4 is 5.32 Å². The van der Waals surface area contributed by atoms with E-state index in [9.17, 15) is 4.79 Å². The zero-order valence-electron chi connectivity index (χ0n) is 13.1. The van der Waals surface area contributed by atoms with Crippen molar-refractivity contribution < 1.29 is 4.79 Å². The lowest BCUT2D eigenvalue weighted by Gasteiger charge is -2.39. The van der Waals surface area contributed by atoms with Crippen LogP contribution >= 0.6 is 0 Å². The summed E-state index contributed by atoms with van der Waals surface area (Å²) in [7, 11) is 0. The number of amides is 1. The van der Waals surface area contributed by atoms with Gasteiger partial charge in [0.05, 0.1) is 6.20 Å². The molecule has 3 rings (SSSR count). The first-order chi connectivity index (χ1) is 10.2. The van der Waals surface area contributed by atoms with Crippen molar-refractivity contribution in [2.24, 2.45) is 11.8 Å². The van der Waals surface area contributed by atoms with E-state index in [0.29, 0.717) is 23.8 Å². The molecule has 2 heterocycles. The molecule has 21 heavy (non-hydrogen) atoms. The van der Waals surface area contributed by atoms with Gasteiger partial charge in [0, 0.05) is 42.9 Å². The average Bonchev–Trinajstić information content (AvgIpc) is 3.27. The molecule has 2 fully saturated rings. The number of nitrogens with zero attached hydrogens (tertiary/aromatic N) is 2. The minimum absolute atomic E-state index is 0.348. The number of aromatic nitrogens is 2. The topological polar surface area (TPSA) is 61.0 Å². The summed E-state index contributed by atoms with van der Waals surface area (Å²) in [5.74, 6) is 1.31. The third-order valence-electron chi connectivity index (χ3n) is 4.99. The number of carbonyl (C=O) groups excluding carboxylic acids is 1. The number of hydrogen-bond acceptors (Lipinski definition) is 3. The summed E-state index contributed by atoms with van der Waals surface area (Å²) in [5, 5.41) is 10.7. The van der Waals surface area contributed by atoms with Gasteiger partial charge in [0.2, 0.25) is 5.91 Å². The van der Waals surface area contributed by atoms with Gasteiger partial charge in [-0.25, -0.2) is 0 Å². The lowest BCUT2D eigenvalue weighted by Crippen LogP contribution is -2.51. The fourth-order valence-corrected chi connectivity index (χ4v) is 3.30. The number of aryl methyl sites for hydroxylation is 1. The maximum atomic E-state index is 12.2. The second-order valence-electron chi connectivity index (χ2n) is 6.52. The minimum atomic E-state index is 0.348. The first kappa shape index (κ1) is 14.6. The van der Waals surface area contributed by atoms with E-state index < -0.39 is 0 Å². The molecular weight excluding hydrogens is 264 g/mol. The van der Waals surface area contributed by atoms with Crippen LogP contribution in [0.5, 0.6) is 0 Å². The molecule has 0 radical (unpaired) electrons. The van der Waals surface area contributed by atoms with E-state index in [-0.39, 0.29) is 0 Å². The highest BCUT2D eigenvalue weighted by Crippen LogP contribution is 2.33. The molecule has 1 aliphatic carbocycles. The number of likely N-dealkylation sites (tertiary alicyclic amines) is 1. The molecule has 1 aromatic heterocycles. The van der Waals surface area contributed by atoms with Crippen LogP contribution in [-0.4, -0.2) is 40.1 Å². The van der Waals surface area contributed by atoms with Crippen molar-refractivity contribution in [3.63, 3.8) is 0 Å². The van der Waals surface area contributed by atoms with Crippen molar-refractivity contribution in [3.05, 3.63) is 17.5 Å². The fraction of sp³-hybridized carbons (Fsp3) is 0.750. The third kappa shape index (κ3) is 3.28. The molecule has 1 amide bonds. The van der Waals surface area contributed by atoms with Crippen molar-refractivity contribution in [1.29, 1.82) is 0 Å². The first-order valence-corrected chi connectivity index (χ1v) is 8.20. The second-order valence-corrected chi connectivity index (χ2v) is 6.52. The van der Waals surface area contributed by atoms with Gasteiger partial charge < -0.3 is 10.2 Å². The summed E-state index contributed by atoms with van der Waals surface area (Å²) in [6, 6.07) is 0.507. The Morgan fingerprint density at radius 2 is 2.29 bits per heavy atom. The summed E-state index contributed by atoms with van der Waals surface area (Å²) >= 11 is 0. The SMILES string of the molecule is CC[C@H]1CN(C(=O)C2CC2)CC[C@H]1NCc1cn[nH]c1C. The van der Waals surface area contributed by atoms with Gasteiger partial charge in [-0.15, -0.1) is 0 Å². The van der Waals surface area contributed by atoms with E-state index in [4.69, 9.17) is 0 Å². The molecule has 1 saturated heterocycles. The Balaban J connectivity index is 1.54. The lowest BCUT2D eigenvalue weighted by molar-refractivity contribution is -0.134. The molecule has 1 aromatic rings. The Bertz CT molecular complexity index is 494. The quantitative estimate of drug-likeness (QED) is 0.870. The molecule has 0 aromatic carbocycles. The van der Waals surface area contributed by atoms with Crippen molar-refractivity contribution >= 4 is 5.91 Å². The van der Waals surface area contributed by atoms with E-state index in [1.807, 2.05) is 6.20 Å². The molecule has 1 saturated carbocycles. The molecular formula is C16H26N4O. The smallest absolute Gasteiger partial charge is 0.225 e. The molecule has 0 bridgehead atoms. The van der Waals surface area contributed by atoms with E-state index >= 15 is 0 Å². The summed E-state index contributed by atoms with van der Waals surface area (Å²) in [5.41, 5.74) is 2.37. The number of carbonyl (C=O) groups is 1. The predicted octanol–water partition coefficient (Wildman–Crippen LogP) is 1.84. The van der Waals surface area contributed by atoms with Crippen LogP contribution in [0.1, 0.15) is 43.9 Å². The normalized spacial score (nSPS) is 26.1. The van der Waals surface area contributed by atoms with E-state index in [1.54, 1.807) is 0 Å². The van der Waals surface area contributed by atoms with Crippen LogP contribution in [0.4, 0.5) is 0 Å². The molecule has 1 aliphatic heterocycles. The number of rotatable bonds is 5. The Hall–Kier alpha value is -1.36. The first-order valence-electron chi connectivity index (χ1n) is 8.20. The Labute approximate surface area is 126 Å². The van der Waals surface area contributed by atoms with Crippen LogP contribution in [-0.2, 0) is 11.3 Å². The molecule has 5 heteroatoms. The van der Waals surface area contributed by atoms with Crippen LogP contribution in [0, 0.1) is 18.8 Å². The molecule has 2 N–H and O–H groups in total. The summed E-state index contributed by atoms with van der Waals surface area (Å²) in [6.45, 7) is 6.98.